The van der Waals surface area contributed by atoms with E-state index >= 15 is 0 Å². The molecular formula is C21H21ClN2O6S. The molecule has 1 saturated heterocycles. The second-order valence-corrected chi connectivity index (χ2v) is 8.63. The second-order valence-electron chi connectivity index (χ2n) is 6.97. The largest absolute Gasteiger partial charge is 0.497 e. The Morgan fingerprint density at radius 2 is 1.81 bits per heavy atom. The van der Waals surface area contributed by atoms with Crippen LogP contribution < -0.4 is 4.74 Å². The number of nitro groups is 1. The third-order valence-corrected chi connectivity index (χ3v) is 6.48. The van der Waals surface area contributed by atoms with Crippen LogP contribution in [0.1, 0.15) is 17.5 Å². The molecule has 0 aliphatic carbocycles. The quantitative estimate of drug-likeness (QED) is 0.324. The fourth-order valence-corrected chi connectivity index (χ4v) is 4.62. The summed E-state index contributed by atoms with van der Waals surface area (Å²) in [4.78, 5) is 36.0. The van der Waals surface area contributed by atoms with Gasteiger partial charge in [-0.25, -0.2) is 4.79 Å². The smallest absolute Gasteiger partial charge is 0.410 e. The van der Waals surface area contributed by atoms with Gasteiger partial charge in [-0.05, 0) is 53.4 Å². The first-order chi connectivity index (χ1) is 14.9. The summed E-state index contributed by atoms with van der Waals surface area (Å²) >= 11 is 7.37. The van der Waals surface area contributed by atoms with Crippen LogP contribution in [0.25, 0.3) is 0 Å². The molecule has 1 fully saturated rings. The summed E-state index contributed by atoms with van der Waals surface area (Å²) in [6, 6.07) is 12.7. The van der Waals surface area contributed by atoms with Crippen molar-refractivity contribution in [3.8, 4) is 5.75 Å². The van der Waals surface area contributed by atoms with Gasteiger partial charge in [-0.2, -0.15) is 11.8 Å². The highest BCUT2D eigenvalue weighted by Crippen LogP contribution is 2.32. The Labute approximate surface area is 188 Å². The highest BCUT2D eigenvalue weighted by molar-refractivity contribution is 7.99. The third-order valence-electron chi connectivity index (χ3n) is 4.91. The van der Waals surface area contributed by atoms with E-state index in [2.05, 4.69) is 0 Å². The molecule has 1 aliphatic rings. The summed E-state index contributed by atoms with van der Waals surface area (Å²) in [5.41, 5.74) is 1.68. The van der Waals surface area contributed by atoms with Crippen molar-refractivity contribution in [2.45, 2.75) is 30.1 Å². The fraction of sp³-hybridized carbons (Fsp3) is 0.333. The molecule has 0 aromatic heterocycles. The molecule has 8 nitrogen and oxygen atoms in total. The number of hydrogen-bond donors (Lipinski definition) is 0. The van der Waals surface area contributed by atoms with Gasteiger partial charge in [0.2, 0.25) is 5.24 Å². The first kappa shape index (κ1) is 22.9. The van der Waals surface area contributed by atoms with Crippen LogP contribution in [0.3, 0.4) is 0 Å². The van der Waals surface area contributed by atoms with Crippen LogP contribution in [-0.4, -0.2) is 46.1 Å². The summed E-state index contributed by atoms with van der Waals surface area (Å²) < 4.78 is 10.5. The predicted molar refractivity (Wildman–Crippen MR) is 117 cm³/mol. The van der Waals surface area contributed by atoms with E-state index in [1.165, 1.54) is 29.2 Å². The normalized spacial score (nSPS) is 17.9. The van der Waals surface area contributed by atoms with Gasteiger partial charge < -0.3 is 9.47 Å². The maximum absolute atomic E-state index is 12.6. The molecule has 0 unspecified atom stereocenters. The fourth-order valence-electron chi connectivity index (χ4n) is 3.21. The number of carbonyl (C=O) groups is 2. The minimum atomic E-state index is -0.737. The third kappa shape index (κ3) is 6.11. The Balaban J connectivity index is 1.55. The lowest BCUT2D eigenvalue weighted by Gasteiger charge is -2.21. The second kappa shape index (κ2) is 10.5. The molecule has 2 aromatic carbocycles. The molecule has 3 rings (SSSR count). The zero-order valence-electron chi connectivity index (χ0n) is 16.7. The van der Waals surface area contributed by atoms with Gasteiger partial charge in [-0.3, -0.25) is 19.8 Å². The van der Waals surface area contributed by atoms with E-state index in [0.29, 0.717) is 18.5 Å². The average molecular weight is 465 g/mol. The van der Waals surface area contributed by atoms with Crippen molar-refractivity contribution in [2.75, 3.05) is 13.7 Å². The lowest BCUT2D eigenvalue weighted by atomic mass is 10.2. The van der Waals surface area contributed by atoms with Crippen LogP contribution in [0.2, 0.25) is 0 Å². The van der Waals surface area contributed by atoms with Crippen LogP contribution in [0.15, 0.2) is 48.5 Å². The molecule has 1 aliphatic heterocycles. The van der Waals surface area contributed by atoms with Gasteiger partial charge in [0.1, 0.15) is 18.4 Å². The van der Waals surface area contributed by atoms with Gasteiger partial charge in [0.15, 0.2) is 0 Å². The van der Waals surface area contributed by atoms with E-state index in [4.69, 9.17) is 21.1 Å². The Morgan fingerprint density at radius 1 is 1.16 bits per heavy atom. The first-order valence-electron chi connectivity index (χ1n) is 9.48. The zero-order valence-corrected chi connectivity index (χ0v) is 18.3. The van der Waals surface area contributed by atoms with Crippen LogP contribution in [0, 0.1) is 10.1 Å². The van der Waals surface area contributed by atoms with Crippen molar-refractivity contribution in [2.24, 2.45) is 0 Å². The minimum absolute atomic E-state index is 0.0425. The Morgan fingerprint density at radius 3 is 2.39 bits per heavy atom. The maximum atomic E-state index is 12.6. The number of amides is 1. The van der Waals surface area contributed by atoms with Gasteiger partial charge in [-0.15, -0.1) is 0 Å². The number of nitrogens with zero attached hydrogens (tertiary/aromatic N) is 2. The topological polar surface area (TPSA) is 99.0 Å². The monoisotopic (exact) mass is 464 g/mol. The highest BCUT2D eigenvalue weighted by Gasteiger charge is 2.40. The van der Waals surface area contributed by atoms with Crippen molar-refractivity contribution < 1.29 is 24.0 Å². The molecule has 0 saturated carbocycles. The molecule has 0 radical (unpaired) electrons. The lowest BCUT2D eigenvalue weighted by molar-refractivity contribution is -0.384. The van der Waals surface area contributed by atoms with Gasteiger partial charge in [0, 0.05) is 29.7 Å². The van der Waals surface area contributed by atoms with Gasteiger partial charge in [0.25, 0.3) is 5.69 Å². The van der Waals surface area contributed by atoms with E-state index in [1.54, 1.807) is 18.9 Å². The first-order valence-corrected chi connectivity index (χ1v) is 10.9. The molecule has 10 heteroatoms. The van der Waals surface area contributed by atoms with Crippen LogP contribution >= 0.6 is 23.4 Å². The summed E-state index contributed by atoms with van der Waals surface area (Å²) in [5.74, 6) is 1.51. The number of ether oxygens (including phenoxy) is 2. The molecule has 2 aromatic rings. The number of thioether (sulfide) groups is 1. The molecule has 0 spiro atoms. The van der Waals surface area contributed by atoms with E-state index in [1.807, 2.05) is 24.3 Å². The number of carbonyl (C=O) groups excluding carboxylic acids is 2. The van der Waals surface area contributed by atoms with Crippen molar-refractivity contribution >= 4 is 40.4 Å². The summed E-state index contributed by atoms with van der Waals surface area (Å²) in [7, 11) is 1.61. The number of non-ortho nitro benzene ring substituents is 1. The van der Waals surface area contributed by atoms with E-state index in [0.717, 1.165) is 17.1 Å². The maximum Gasteiger partial charge on any atom is 0.410 e. The minimum Gasteiger partial charge on any atom is -0.497 e. The van der Waals surface area contributed by atoms with Crippen LogP contribution in [-0.2, 0) is 21.9 Å². The van der Waals surface area contributed by atoms with Crippen molar-refractivity contribution in [1.29, 1.82) is 0 Å². The number of rotatable bonds is 8. The molecule has 1 heterocycles. The van der Waals surface area contributed by atoms with Crippen molar-refractivity contribution in [1.82, 2.24) is 4.90 Å². The molecule has 164 valence electrons. The van der Waals surface area contributed by atoms with Crippen molar-refractivity contribution in [3.63, 3.8) is 0 Å². The predicted octanol–water partition coefficient (Wildman–Crippen LogP) is 4.38. The highest BCUT2D eigenvalue weighted by atomic mass is 35.5. The summed E-state index contributed by atoms with van der Waals surface area (Å²) in [6.45, 7) is 0.295. The molecule has 1 amide bonds. The Kier molecular flexibility index (Phi) is 7.75. The number of hydrogen-bond acceptors (Lipinski definition) is 7. The number of benzene rings is 2. The van der Waals surface area contributed by atoms with E-state index in [-0.39, 0.29) is 17.5 Å². The summed E-state index contributed by atoms with van der Waals surface area (Å²) in [5, 5.41) is 10.2. The molecule has 0 N–H and O–H groups in total. The van der Waals surface area contributed by atoms with Gasteiger partial charge >= 0.3 is 6.09 Å². The van der Waals surface area contributed by atoms with Crippen molar-refractivity contribution in [3.05, 3.63) is 69.8 Å². The van der Waals surface area contributed by atoms with E-state index < -0.39 is 22.3 Å². The average Bonchev–Trinajstić information content (AvgIpc) is 3.21. The standard InChI is InChI=1S/C21H21ClN2O6S/c1-29-17-8-4-15(5-9-17)13-31-18-10-19(20(22)25)23(11-18)21(26)30-12-14-2-6-16(7-3-14)24(27)28/h2-9,18-19H,10-13H2,1H3/t18-,19-/m0/s1. The summed E-state index contributed by atoms with van der Waals surface area (Å²) in [6.07, 6.45) is -0.180. The zero-order chi connectivity index (χ0) is 22.4. The van der Waals surface area contributed by atoms with Gasteiger partial charge in [0.05, 0.1) is 12.0 Å². The SMILES string of the molecule is COc1ccc(CS[C@H]2C[C@@H](C(=O)Cl)N(C(=O)OCc3ccc([N+](=O)[O-])cc3)C2)cc1. The Hall–Kier alpha value is -2.78. The number of methoxy groups -OCH3 is 1. The molecular weight excluding hydrogens is 444 g/mol. The van der Waals surface area contributed by atoms with Gasteiger partial charge in [-0.1, -0.05) is 12.1 Å². The molecule has 2 atom stereocenters. The lowest BCUT2D eigenvalue weighted by Crippen LogP contribution is -2.39. The molecule has 0 bridgehead atoms. The number of nitro benzene ring substituents is 1. The van der Waals surface area contributed by atoms with Crippen LogP contribution in [0.5, 0.6) is 5.75 Å². The molecule has 31 heavy (non-hydrogen) atoms. The van der Waals surface area contributed by atoms with E-state index in [9.17, 15) is 19.7 Å². The number of halogens is 1. The Bertz CT molecular complexity index is 938. The van der Waals surface area contributed by atoms with Crippen LogP contribution in [0.4, 0.5) is 10.5 Å². The number of likely N-dealkylation sites (tertiary alicyclic amines) is 1.